The molecule has 70 valence electrons. The second-order valence-corrected chi connectivity index (χ2v) is 3.32. The van der Waals surface area contributed by atoms with Gasteiger partial charge in [0.15, 0.2) is 0 Å². The molecule has 0 aliphatic heterocycles. The van der Waals surface area contributed by atoms with Crippen molar-refractivity contribution in [3.8, 4) is 0 Å². The summed E-state index contributed by atoms with van der Waals surface area (Å²) in [7, 11) is 0. The van der Waals surface area contributed by atoms with Crippen LogP contribution in [0.15, 0.2) is 12.2 Å². The fraction of sp³-hybridized carbons (Fsp3) is 0.727. The molecule has 0 bridgehead atoms. The van der Waals surface area contributed by atoms with Gasteiger partial charge in [0.05, 0.1) is 0 Å². The van der Waals surface area contributed by atoms with E-state index >= 15 is 0 Å². The minimum Gasteiger partial charge on any atom is -0.303 e. The van der Waals surface area contributed by atoms with Gasteiger partial charge < -0.3 is 4.79 Å². The molecular formula is C11H20O. The third-order valence-corrected chi connectivity index (χ3v) is 1.97. The van der Waals surface area contributed by atoms with Crippen molar-refractivity contribution in [2.45, 2.75) is 46.0 Å². The van der Waals surface area contributed by atoms with Gasteiger partial charge in [-0.1, -0.05) is 32.4 Å². The van der Waals surface area contributed by atoms with Gasteiger partial charge in [-0.15, -0.1) is 0 Å². The molecule has 1 heteroatoms. The molecule has 0 N–H and O–H groups in total. The molecule has 0 saturated heterocycles. The number of hydrogen-bond donors (Lipinski definition) is 0. The Morgan fingerprint density at radius 1 is 1.33 bits per heavy atom. The second-order valence-electron chi connectivity index (χ2n) is 3.32. The highest BCUT2D eigenvalue weighted by Gasteiger charge is 1.98. The number of unbranched alkanes of at least 4 members (excludes halogenated alkanes) is 1. The molecule has 0 rings (SSSR count). The zero-order valence-corrected chi connectivity index (χ0v) is 8.25. The largest absolute Gasteiger partial charge is 0.303 e. The van der Waals surface area contributed by atoms with Crippen molar-refractivity contribution in [1.29, 1.82) is 0 Å². The number of carbonyl (C=O) groups is 1. The van der Waals surface area contributed by atoms with E-state index < -0.39 is 0 Å². The average molecular weight is 168 g/mol. The SMILES string of the molecule is CC/C=C/CCCC(C)CC=O. The van der Waals surface area contributed by atoms with E-state index in [0.29, 0.717) is 5.92 Å². The van der Waals surface area contributed by atoms with Gasteiger partial charge in [0.25, 0.3) is 0 Å². The second kappa shape index (κ2) is 8.51. The molecule has 0 aromatic carbocycles. The number of rotatable bonds is 7. The minimum absolute atomic E-state index is 0.567. The molecule has 0 fully saturated rings. The van der Waals surface area contributed by atoms with Gasteiger partial charge in [0.2, 0.25) is 0 Å². The molecule has 1 atom stereocenters. The summed E-state index contributed by atoms with van der Waals surface area (Å²) in [5, 5.41) is 0. The quantitative estimate of drug-likeness (QED) is 0.324. The topological polar surface area (TPSA) is 17.1 Å². The molecular weight excluding hydrogens is 148 g/mol. The first kappa shape index (κ1) is 11.4. The van der Waals surface area contributed by atoms with Crippen LogP contribution < -0.4 is 0 Å². The van der Waals surface area contributed by atoms with Crippen LogP contribution in [0.2, 0.25) is 0 Å². The zero-order chi connectivity index (χ0) is 9.23. The highest BCUT2D eigenvalue weighted by Crippen LogP contribution is 2.10. The molecule has 0 spiro atoms. The Morgan fingerprint density at radius 2 is 2.08 bits per heavy atom. The van der Waals surface area contributed by atoms with E-state index in [2.05, 4.69) is 26.0 Å². The van der Waals surface area contributed by atoms with E-state index in [0.717, 1.165) is 25.5 Å². The molecule has 1 nitrogen and oxygen atoms in total. The first-order valence-corrected chi connectivity index (χ1v) is 4.89. The third-order valence-electron chi connectivity index (χ3n) is 1.97. The molecule has 1 unspecified atom stereocenters. The van der Waals surface area contributed by atoms with Crippen molar-refractivity contribution in [2.24, 2.45) is 5.92 Å². The van der Waals surface area contributed by atoms with E-state index in [1.165, 1.54) is 12.8 Å². The lowest BCUT2D eigenvalue weighted by Crippen LogP contribution is -1.94. The molecule has 0 saturated carbocycles. The van der Waals surface area contributed by atoms with Crippen molar-refractivity contribution < 1.29 is 4.79 Å². The Labute approximate surface area is 75.9 Å². The van der Waals surface area contributed by atoms with Crippen LogP contribution in [0.25, 0.3) is 0 Å². The first-order valence-electron chi connectivity index (χ1n) is 4.89. The lowest BCUT2D eigenvalue weighted by atomic mass is 10.0. The van der Waals surface area contributed by atoms with Gasteiger partial charge in [0, 0.05) is 6.42 Å². The summed E-state index contributed by atoms with van der Waals surface area (Å²) in [6.07, 6.45) is 10.8. The highest BCUT2D eigenvalue weighted by molar-refractivity contribution is 5.49. The van der Waals surface area contributed by atoms with Gasteiger partial charge >= 0.3 is 0 Å². The standard InChI is InChI=1S/C11H20O/c1-3-4-5-6-7-8-11(2)9-10-12/h4-5,10-11H,3,6-9H2,1-2H3/b5-4+. The lowest BCUT2D eigenvalue weighted by Gasteiger charge is -2.04. The van der Waals surface area contributed by atoms with Crippen LogP contribution in [0.4, 0.5) is 0 Å². The van der Waals surface area contributed by atoms with E-state index in [1.54, 1.807) is 0 Å². The van der Waals surface area contributed by atoms with E-state index in [9.17, 15) is 4.79 Å². The summed E-state index contributed by atoms with van der Waals surface area (Å²) < 4.78 is 0. The summed E-state index contributed by atoms with van der Waals surface area (Å²) in [6.45, 7) is 4.28. The number of carbonyl (C=O) groups excluding carboxylic acids is 1. The Hall–Kier alpha value is -0.590. The Morgan fingerprint density at radius 3 is 2.67 bits per heavy atom. The van der Waals surface area contributed by atoms with Gasteiger partial charge in [-0.3, -0.25) is 0 Å². The van der Waals surface area contributed by atoms with Crippen molar-refractivity contribution in [3.05, 3.63) is 12.2 Å². The lowest BCUT2D eigenvalue weighted by molar-refractivity contribution is -0.108. The minimum atomic E-state index is 0.567. The average Bonchev–Trinajstić information content (AvgIpc) is 2.05. The zero-order valence-electron chi connectivity index (χ0n) is 8.25. The van der Waals surface area contributed by atoms with Crippen molar-refractivity contribution >= 4 is 6.29 Å². The van der Waals surface area contributed by atoms with Gasteiger partial charge in [0.1, 0.15) is 6.29 Å². The maximum atomic E-state index is 10.1. The molecule has 0 aliphatic carbocycles. The smallest absolute Gasteiger partial charge is 0.120 e. The van der Waals surface area contributed by atoms with E-state index in [4.69, 9.17) is 0 Å². The molecule has 12 heavy (non-hydrogen) atoms. The molecule has 0 aromatic heterocycles. The molecule has 0 amide bonds. The van der Waals surface area contributed by atoms with Crippen LogP contribution in [-0.2, 0) is 4.79 Å². The van der Waals surface area contributed by atoms with Crippen molar-refractivity contribution in [1.82, 2.24) is 0 Å². The fourth-order valence-electron chi connectivity index (χ4n) is 1.15. The van der Waals surface area contributed by atoms with E-state index in [-0.39, 0.29) is 0 Å². The number of aldehydes is 1. The summed E-state index contributed by atoms with van der Waals surface area (Å²) in [4.78, 5) is 10.1. The van der Waals surface area contributed by atoms with Gasteiger partial charge in [-0.2, -0.15) is 0 Å². The monoisotopic (exact) mass is 168 g/mol. The maximum absolute atomic E-state index is 10.1. The van der Waals surface area contributed by atoms with Crippen LogP contribution in [0.3, 0.4) is 0 Å². The van der Waals surface area contributed by atoms with Gasteiger partial charge in [-0.25, -0.2) is 0 Å². The molecule has 0 aliphatic rings. The first-order chi connectivity index (χ1) is 5.81. The molecule has 0 heterocycles. The number of hydrogen-bond acceptors (Lipinski definition) is 1. The van der Waals surface area contributed by atoms with Crippen molar-refractivity contribution in [2.75, 3.05) is 0 Å². The number of allylic oxidation sites excluding steroid dienone is 2. The van der Waals surface area contributed by atoms with Crippen LogP contribution in [0.1, 0.15) is 46.0 Å². The maximum Gasteiger partial charge on any atom is 0.120 e. The normalized spacial score (nSPS) is 13.5. The predicted molar refractivity (Wildman–Crippen MR) is 53.1 cm³/mol. The molecule has 0 radical (unpaired) electrons. The summed E-state index contributed by atoms with van der Waals surface area (Å²) in [6, 6.07) is 0. The molecule has 0 aromatic rings. The van der Waals surface area contributed by atoms with Crippen LogP contribution in [0.5, 0.6) is 0 Å². The van der Waals surface area contributed by atoms with Crippen LogP contribution >= 0.6 is 0 Å². The Balaban J connectivity index is 3.18. The summed E-state index contributed by atoms with van der Waals surface area (Å²) >= 11 is 0. The summed E-state index contributed by atoms with van der Waals surface area (Å²) in [5.41, 5.74) is 0. The predicted octanol–water partition coefficient (Wildman–Crippen LogP) is 3.35. The van der Waals surface area contributed by atoms with Gasteiger partial charge in [-0.05, 0) is 25.2 Å². The van der Waals surface area contributed by atoms with E-state index in [1.807, 2.05) is 0 Å². The Bertz CT molecular complexity index is 127. The van der Waals surface area contributed by atoms with Crippen molar-refractivity contribution in [3.63, 3.8) is 0 Å². The Kier molecular flexibility index (Phi) is 8.09. The van der Waals surface area contributed by atoms with Crippen LogP contribution in [0, 0.1) is 5.92 Å². The summed E-state index contributed by atoms with van der Waals surface area (Å²) in [5.74, 6) is 0.567. The van der Waals surface area contributed by atoms with Crippen LogP contribution in [-0.4, -0.2) is 6.29 Å². The highest BCUT2D eigenvalue weighted by atomic mass is 16.1. The third kappa shape index (κ3) is 7.52. The fourth-order valence-corrected chi connectivity index (χ4v) is 1.15.